The molecule has 2 fully saturated rings. The molecule has 0 aromatic carbocycles. The van der Waals surface area contributed by atoms with Gasteiger partial charge in [-0.05, 0) is 32.1 Å². The highest BCUT2D eigenvalue weighted by molar-refractivity contribution is 6.30. The molecule has 120 valence electrons. The third kappa shape index (κ3) is 2.91. The number of likely N-dealkylation sites (tertiary alicyclic amines) is 2. The lowest BCUT2D eigenvalue weighted by atomic mass is 9.85. The molecule has 0 saturated carbocycles. The number of amides is 3. The standard InChI is InChI=1S/C16H21ClN2O3/c17-11-4-5-12-13(10-11)16(22)19(15(12)21)9-6-14(20)18-7-2-1-3-8-18/h4,12-13H,1-3,5-10H2/t12-,13+/m0/s1. The topological polar surface area (TPSA) is 57.7 Å². The lowest BCUT2D eigenvalue weighted by Crippen LogP contribution is -2.39. The Labute approximate surface area is 135 Å². The van der Waals surface area contributed by atoms with Gasteiger partial charge in [0.25, 0.3) is 0 Å². The summed E-state index contributed by atoms with van der Waals surface area (Å²) in [5.41, 5.74) is 0. The number of nitrogens with zero attached hydrogens (tertiary/aromatic N) is 2. The van der Waals surface area contributed by atoms with Gasteiger partial charge in [-0.15, -0.1) is 0 Å². The minimum Gasteiger partial charge on any atom is -0.343 e. The van der Waals surface area contributed by atoms with E-state index in [2.05, 4.69) is 0 Å². The van der Waals surface area contributed by atoms with E-state index in [9.17, 15) is 14.4 Å². The molecular weight excluding hydrogens is 304 g/mol. The lowest BCUT2D eigenvalue weighted by Gasteiger charge is -2.27. The van der Waals surface area contributed by atoms with Crippen LogP contribution in [0.1, 0.15) is 38.5 Å². The van der Waals surface area contributed by atoms with E-state index in [1.807, 2.05) is 11.0 Å². The molecule has 3 amide bonds. The molecule has 0 aromatic rings. The fourth-order valence-corrected chi connectivity index (χ4v) is 3.88. The van der Waals surface area contributed by atoms with Crippen molar-refractivity contribution in [3.63, 3.8) is 0 Å². The Bertz CT molecular complexity index is 525. The first-order valence-corrected chi connectivity index (χ1v) is 8.43. The van der Waals surface area contributed by atoms with E-state index in [1.165, 1.54) is 11.3 Å². The zero-order chi connectivity index (χ0) is 15.7. The molecule has 3 aliphatic rings. The normalized spacial score (nSPS) is 28.7. The fraction of sp³-hybridized carbons (Fsp3) is 0.688. The lowest BCUT2D eigenvalue weighted by molar-refractivity contribution is -0.141. The highest BCUT2D eigenvalue weighted by atomic mass is 35.5. The van der Waals surface area contributed by atoms with Crippen LogP contribution in [-0.2, 0) is 14.4 Å². The zero-order valence-electron chi connectivity index (χ0n) is 12.6. The Morgan fingerprint density at radius 1 is 1.14 bits per heavy atom. The summed E-state index contributed by atoms with van der Waals surface area (Å²) in [5.74, 6) is -0.851. The average molecular weight is 325 g/mol. The second-order valence-corrected chi connectivity index (χ2v) is 6.81. The first-order valence-electron chi connectivity index (χ1n) is 8.05. The molecule has 0 aromatic heterocycles. The predicted molar refractivity (Wildman–Crippen MR) is 81.9 cm³/mol. The van der Waals surface area contributed by atoms with E-state index in [0.29, 0.717) is 17.9 Å². The van der Waals surface area contributed by atoms with Crippen molar-refractivity contribution in [3.8, 4) is 0 Å². The molecule has 2 heterocycles. The number of piperidine rings is 1. The fourth-order valence-electron chi connectivity index (χ4n) is 3.63. The summed E-state index contributed by atoms with van der Waals surface area (Å²) in [6.45, 7) is 1.80. The van der Waals surface area contributed by atoms with Gasteiger partial charge in [0.1, 0.15) is 0 Å². The minimum absolute atomic E-state index is 0.0475. The molecule has 0 radical (unpaired) electrons. The van der Waals surface area contributed by atoms with E-state index in [1.54, 1.807) is 0 Å². The maximum absolute atomic E-state index is 12.4. The Balaban J connectivity index is 1.58. The van der Waals surface area contributed by atoms with Crippen LogP contribution in [0.15, 0.2) is 11.1 Å². The molecule has 2 saturated heterocycles. The molecular formula is C16H21ClN2O3. The number of hydrogen-bond acceptors (Lipinski definition) is 3. The maximum atomic E-state index is 12.4. The third-order valence-electron chi connectivity index (χ3n) is 4.92. The van der Waals surface area contributed by atoms with Gasteiger partial charge in [0.05, 0.1) is 11.8 Å². The van der Waals surface area contributed by atoms with Gasteiger partial charge >= 0.3 is 0 Å². The molecule has 0 unspecified atom stereocenters. The molecule has 22 heavy (non-hydrogen) atoms. The number of carbonyl (C=O) groups is 3. The molecule has 0 bridgehead atoms. The summed E-state index contributed by atoms with van der Waals surface area (Å²) in [7, 11) is 0. The van der Waals surface area contributed by atoms with E-state index in [4.69, 9.17) is 11.6 Å². The summed E-state index contributed by atoms with van der Waals surface area (Å²) in [6.07, 6.45) is 6.31. The number of rotatable bonds is 3. The van der Waals surface area contributed by atoms with Crippen molar-refractivity contribution in [2.24, 2.45) is 11.8 Å². The van der Waals surface area contributed by atoms with Crippen LogP contribution in [0.25, 0.3) is 0 Å². The number of fused-ring (bicyclic) bond motifs is 1. The first-order chi connectivity index (χ1) is 10.6. The molecule has 2 aliphatic heterocycles. The smallest absolute Gasteiger partial charge is 0.233 e. The van der Waals surface area contributed by atoms with Gasteiger partial charge in [-0.1, -0.05) is 17.7 Å². The molecule has 0 spiro atoms. The van der Waals surface area contributed by atoms with E-state index in [0.717, 1.165) is 25.9 Å². The number of imide groups is 1. The van der Waals surface area contributed by atoms with Crippen molar-refractivity contribution in [1.29, 1.82) is 0 Å². The van der Waals surface area contributed by atoms with Crippen molar-refractivity contribution in [2.75, 3.05) is 19.6 Å². The van der Waals surface area contributed by atoms with Crippen LogP contribution in [0, 0.1) is 11.8 Å². The molecule has 1 aliphatic carbocycles. The highest BCUT2D eigenvalue weighted by Crippen LogP contribution is 2.38. The van der Waals surface area contributed by atoms with Gasteiger partial charge in [0.2, 0.25) is 17.7 Å². The summed E-state index contributed by atoms with van der Waals surface area (Å²) in [6, 6.07) is 0. The number of hydrogen-bond donors (Lipinski definition) is 0. The Kier molecular flexibility index (Phi) is 4.52. The van der Waals surface area contributed by atoms with E-state index in [-0.39, 0.29) is 42.5 Å². The quantitative estimate of drug-likeness (QED) is 0.745. The van der Waals surface area contributed by atoms with Crippen LogP contribution < -0.4 is 0 Å². The third-order valence-corrected chi connectivity index (χ3v) is 5.23. The molecule has 5 nitrogen and oxygen atoms in total. The Morgan fingerprint density at radius 3 is 2.55 bits per heavy atom. The van der Waals surface area contributed by atoms with Gasteiger partial charge < -0.3 is 4.90 Å². The largest absolute Gasteiger partial charge is 0.343 e. The van der Waals surface area contributed by atoms with Crippen molar-refractivity contribution in [3.05, 3.63) is 11.1 Å². The second-order valence-electron chi connectivity index (χ2n) is 6.32. The molecule has 2 atom stereocenters. The van der Waals surface area contributed by atoms with Crippen LogP contribution >= 0.6 is 11.6 Å². The van der Waals surface area contributed by atoms with Crippen LogP contribution in [0.5, 0.6) is 0 Å². The Hall–Kier alpha value is -1.36. The van der Waals surface area contributed by atoms with Gasteiger partial charge in [0, 0.05) is 31.1 Å². The van der Waals surface area contributed by atoms with Gasteiger partial charge in [-0.25, -0.2) is 0 Å². The van der Waals surface area contributed by atoms with Gasteiger partial charge in [0.15, 0.2) is 0 Å². The highest BCUT2D eigenvalue weighted by Gasteiger charge is 2.48. The van der Waals surface area contributed by atoms with Crippen LogP contribution in [-0.4, -0.2) is 47.2 Å². The summed E-state index contributed by atoms with van der Waals surface area (Å²) in [4.78, 5) is 40.0. The SMILES string of the molecule is O=C(CCN1C(=O)[C@H]2CC=C(Cl)C[C@H]2C1=O)N1CCCCC1. The minimum atomic E-state index is -0.324. The van der Waals surface area contributed by atoms with Crippen LogP contribution in [0.2, 0.25) is 0 Å². The number of carbonyl (C=O) groups excluding carboxylic acids is 3. The molecule has 3 rings (SSSR count). The van der Waals surface area contributed by atoms with E-state index >= 15 is 0 Å². The zero-order valence-corrected chi connectivity index (χ0v) is 13.3. The average Bonchev–Trinajstić information content (AvgIpc) is 2.77. The monoisotopic (exact) mass is 324 g/mol. The van der Waals surface area contributed by atoms with Gasteiger partial charge in [-0.2, -0.15) is 0 Å². The Morgan fingerprint density at radius 2 is 1.82 bits per heavy atom. The van der Waals surface area contributed by atoms with Crippen molar-refractivity contribution in [2.45, 2.75) is 38.5 Å². The number of halogens is 1. The van der Waals surface area contributed by atoms with Crippen LogP contribution in [0.3, 0.4) is 0 Å². The summed E-state index contributed by atoms with van der Waals surface area (Å²) in [5, 5.41) is 0.661. The van der Waals surface area contributed by atoms with Crippen molar-refractivity contribution < 1.29 is 14.4 Å². The molecule has 6 heteroatoms. The van der Waals surface area contributed by atoms with Crippen LogP contribution in [0.4, 0.5) is 0 Å². The summed E-state index contributed by atoms with van der Waals surface area (Å²) < 4.78 is 0. The second kappa shape index (κ2) is 6.41. The molecule has 0 N–H and O–H groups in total. The predicted octanol–water partition coefficient (Wildman–Crippen LogP) is 1.91. The van der Waals surface area contributed by atoms with Gasteiger partial charge in [-0.3, -0.25) is 19.3 Å². The van der Waals surface area contributed by atoms with Crippen molar-refractivity contribution >= 4 is 29.3 Å². The maximum Gasteiger partial charge on any atom is 0.233 e. The van der Waals surface area contributed by atoms with E-state index < -0.39 is 0 Å². The number of allylic oxidation sites excluding steroid dienone is 2. The van der Waals surface area contributed by atoms with Crippen molar-refractivity contribution in [1.82, 2.24) is 9.80 Å². The first kappa shape index (κ1) is 15.5. The summed E-state index contributed by atoms with van der Waals surface area (Å²) >= 11 is 5.99.